The molecule has 0 bridgehead atoms. The van der Waals surface area contributed by atoms with Gasteiger partial charge in [-0.2, -0.15) is 0 Å². The minimum atomic E-state index is -0.592. The summed E-state index contributed by atoms with van der Waals surface area (Å²) in [6.07, 6.45) is 4.28. The number of nitrogens with two attached hydrogens (primary N) is 1. The van der Waals surface area contributed by atoms with Gasteiger partial charge in [0.25, 0.3) is 5.91 Å². The maximum absolute atomic E-state index is 12.8. The Morgan fingerprint density at radius 2 is 1.67 bits per heavy atom. The summed E-state index contributed by atoms with van der Waals surface area (Å²) in [6.45, 7) is 1.78. The first-order valence-corrected chi connectivity index (χ1v) is 10.7. The molecule has 4 N–H and O–H groups in total. The van der Waals surface area contributed by atoms with Crippen molar-refractivity contribution in [3.63, 3.8) is 0 Å². The summed E-state index contributed by atoms with van der Waals surface area (Å²) in [6, 6.07) is 18.1. The van der Waals surface area contributed by atoms with E-state index in [0.29, 0.717) is 17.5 Å². The van der Waals surface area contributed by atoms with Gasteiger partial charge in [-0.05, 0) is 48.2 Å². The molecular formula is C26H29N4O3+. The van der Waals surface area contributed by atoms with Gasteiger partial charge in [-0.15, -0.1) is 0 Å². The number of carbonyl (C=O) groups is 2. The molecule has 0 saturated carbocycles. The Bertz CT molecular complexity index is 1140. The fraction of sp³-hybridized carbons (Fsp3) is 0.231. The molecule has 170 valence electrons. The van der Waals surface area contributed by atoms with Crippen LogP contribution in [0.5, 0.6) is 0 Å². The molecule has 0 spiro atoms. The number of amidine groups is 1. The van der Waals surface area contributed by atoms with E-state index in [-0.39, 0.29) is 11.7 Å². The van der Waals surface area contributed by atoms with Crippen LogP contribution in [0.4, 0.5) is 0 Å². The Labute approximate surface area is 193 Å². The molecule has 2 aromatic carbocycles. The van der Waals surface area contributed by atoms with Crippen LogP contribution in [0.3, 0.4) is 0 Å². The molecule has 3 rings (SSSR count). The third-order valence-electron chi connectivity index (χ3n) is 5.62. The number of amides is 1. The lowest BCUT2D eigenvalue weighted by molar-refractivity contribution is -0.671. The third kappa shape index (κ3) is 6.04. The Hall–Kier alpha value is -4.00. The smallest absolute Gasteiger partial charge is 0.311 e. The summed E-state index contributed by atoms with van der Waals surface area (Å²) in [7, 11) is 3.29. The second-order valence-corrected chi connectivity index (χ2v) is 8.04. The summed E-state index contributed by atoms with van der Waals surface area (Å²) >= 11 is 0. The Morgan fingerprint density at radius 1 is 1.03 bits per heavy atom. The first kappa shape index (κ1) is 23.7. The van der Waals surface area contributed by atoms with Gasteiger partial charge in [-0.3, -0.25) is 15.0 Å². The van der Waals surface area contributed by atoms with Crippen molar-refractivity contribution in [1.29, 1.82) is 5.41 Å². The quantitative estimate of drug-likeness (QED) is 0.214. The molecule has 1 heterocycles. The number of methoxy groups -OCH3 is 1. The average molecular weight is 446 g/mol. The SMILES string of the molecule is COC(=O)C(Cc1cccc(C(=N)N)c1)C(C)NC(=O)c1ccc(-c2cc[n+](C)cc2)cc1. The Morgan fingerprint density at radius 3 is 2.27 bits per heavy atom. The van der Waals surface area contributed by atoms with Crippen molar-refractivity contribution in [2.75, 3.05) is 7.11 Å². The molecule has 0 aliphatic carbocycles. The molecule has 7 heteroatoms. The van der Waals surface area contributed by atoms with Crippen molar-refractivity contribution in [1.82, 2.24) is 5.32 Å². The first-order chi connectivity index (χ1) is 15.8. The lowest BCUT2D eigenvalue weighted by Crippen LogP contribution is -2.42. The van der Waals surface area contributed by atoms with E-state index in [4.69, 9.17) is 15.9 Å². The molecule has 7 nitrogen and oxygen atoms in total. The Kier molecular flexibility index (Phi) is 7.56. The van der Waals surface area contributed by atoms with Crippen LogP contribution in [0.15, 0.2) is 73.1 Å². The number of carbonyl (C=O) groups excluding carboxylic acids is 2. The second kappa shape index (κ2) is 10.5. The maximum Gasteiger partial charge on any atom is 0.311 e. The zero-order chi connectivity index (χ0) is 24.0. The first-order valence-electron chi connectivity index (χ1n) is 10.7. The summed E-state index contributed by atoms with van der Waals surface area (Å²) in [4.78, 5) is 25.3. The van der Waals surface area contributed by atoms with Crippen molar-refractivity contribution in [3.05, 3.63) is 89.7 Å². The van der Waals surface area contributed by atoms with Gasteiger partial charge in [0.05, 0.1) is 13.0 Å². The van der Waals surface area contributed by atoms with Gasteiger partial charge in [0.1, 0.15) is 12.9 Å². The number of nitrogens with zero attached hydrogens (tertiary/aromatic N) is 1. The molecule has 1 amide bonds. The number of hydrogen-bond donors (Lipinski definition) is 3. The highest BCUT2D eigenvalue weighted by molar-refractivity contribution is 5.95. The van der Waals surface area contributed by atoms with Gasteiger partial charge in [0.15, 0.2) is 12.4 Å². The fourth-order valence-corrected chi connectivity index (χ4v) is 3.63. The lowest BCUT2D eigenvalue weighted by Gasteiger charge is -2.23. The molecule has 0 fully saturated rings. The van der Waals surface area contributed by atoms with Crippen LogP contribution >= 0.6 is 0 Å². The van der Waals surface area contributed by atoms with E-state index in [0.717, 1.165) is 16.7 Å². The summed E-state index contributed by atoms with van der Waals surface area (Å²) in [5, 5.41) is 10.5. The molecule has 0 saturated heterocycles. The van der Waals surface area contributed by atoms with Crippen LogP contribution in [0.25, 0.3) is 11.1 Å². The molecule has 0 aliphatic heterocycles. The van der Waals surface area contributed by atoms with Crippen molar-refractivity contribution >= 4 is 17.7 Å². The van der Waals surface area contributed by atoms with Crippen LogP contribution in [-0.4, -0.2) is 30.9 Å². The number of rotatable bonds is 8. The van der Waals surface area contributed by atoms with Crippen LogP contribution < -0.4 is 15.6 Å². The Balaban J connectivity index is 1.72. The van der Waals surface area contributed by atoms with Crippen LogP contribution in [-0.2, 0) is 23.0 Å². The van der Waals surface area contributed by atoms with Crippen molar-refractivity contribution in [2.24, 2.45) is 18.7 Å². The number of nitrogen functional groups attached to an aromatic ring is 1. The standard InChI is InChI=1S/C26H28N4O3/c1-17(23(26(32)33-3)16-18-5-4-6-22(15-18)24(27)28)29-25(31)21-9-7-19(8-10-21)20-11-13-30(2)14-12-20/h4-15,17,23H,16H2,1-3H3,(H3-,27,28,29,31)/p+1. The van der Waals surface area contributed by atoms with Crippen molar-refractivity contribution in [3.8, 4) is 11.1 Å². The second-order valence-electron chi connectivity index (χ2n) is 8.04. The van der Waals surface area contributed by atoms with Gasteiger partial charge < -0.3 is 15.8 Å². The van der Waals surface area contributed by atoms with E-state index in [2.05, 4.69) is 5.32 Å². The van der Waals surface area contributed by atoms with Crippen LogP contribution in [0.2, 0.25) is 0 Å². The molecule has 0 radical (unpaired) electrons. The fourth-order valence-electron chi connectivity index (χ4n) is 3.63. The lowest BCUT2D eigenvalue weighted by atomic mass is 9.92. The van der Waals surface area contributed by atoms with E-state index in [1.165, 1.54) is 7.11 Å². The molecule has 3 aromatic rings. The number of nitrogens with one attached hydrogen (secondary N) is 2. The molecular weight excluding hydrogens is 416 g/mol. The topological polar surface area (TPSA) is 109 Å². The predicted octanol–water partition coefficient (Wildman–Crippen LogP) is 2.61. The number of aromatic nitrogens is 1. The normalized spacial score (nSPS) is 12.5. The number of esters is 1. The average Bonchev–Trinajstić information content (AvgIpc) is 2.82. The number of benzene rings is 2. The van der Waals surface area contributed by atoms with E-state index in [1.807, 2.05) is 54.3 Å². The molecule has 2 atom stereocenters. The number of aryl methyl sites for hydroxylation is 1. The minimum absolute atomic E-state index is 0.0411. The van der Waals surface area contributed by atoms with Gasteiger partial charge in [-0.1, -0.05) is 30.3 Å². The van der Waals surface area contributed by atoms with E-state index in [9.17, 15) is 9.59 Å². The maximum atomic E-state index is 12.8. The minimum Gasteiger partial charge on any atom is -0.469 e. The monoisotopic (exact) mass is 445 g/mol. The van der Waals surface area contributed by atoms with E-state index >= 15 is 0 Å². The summed E-state index contributed by atoms with van der Waals surface area (Å²) < 4.78 is 6.94. The third-order valence-corrected chi connectivity index (χ3v) is 5.62. The molecule has 33 heavy (non-hydrogen) atoms. The molecule has 2 unspecified atom stereocenters. The number of pyridine rings is 1. The highest BCUT2D eigenvalue weighted by Gasteiger charge is 2.28. The van der Waals surface area contributed by atoms with E-state index in [1.54, 1.807) is 37.3 Å². The molecule has 1 aromatic heterocycles. The van der Waals surface area contributed by atoms with Gasteiger partial charge in [0, 0.05) is 29.3 Å². The largest absolute Gasteiger partial charge is 0.469 e. The van der Waals surface area contributed by atoms with Crippen molar-refractivity contribution in [2.45, 2.75) is 19.4 Å². The van der Waals surface area contributed by atoms with Gasteiger partial charge in [0.2, 0.25) is 0 Å². The molecule has 0 aliphatic rings. The predicted molar refractivity (Wildman–Crippen MR) is 127 cm³/mol. The van der Waals surface area contributed by atoms with Gasteiger partial charge in [-0.25, -0.2) is 4.57 Å². The van der Waals surface area contributed by atoms with Gasteiger partial charge >= 0.3 is 5.97 Å². The summed E-state index contributed by atoms with van der Waals surface area (Å²) in [5.74, 6) is -1.31. The van der Waals surface area contributed by atoms with Crippen molar-refractivity contribution < 1.29 is 18.9 Å². The number of hydrogen-bond acceptors (Lipinski definition) is 4. The van der Waals surface area contributed by atoms with Crippen LogP contribution in [0, 0.1) is 11.3 Å². The van der Waals surface area contributed by atoms with Crippen LogP contribution in [0.1, 0.15) is 28.4 Å². The summed E-state index contributed by atoms with van der Waals surface area (Å²) in [5.41, 5.74) is 9.58. The zero-order valence-electron chi connectivity index (χ0n) is 19.0. The number of ether oxygens (including phenoxy) is 1. The van der Waals surface area contributed by atoms with E-state index < -0.39 is 17.9 Å². The highest BCUT2D eigenvalue weighted by Crippen LogP contribution is 2.20. The highest BCUT2D eigenvalue weighted by atomic mass is 16.5. The zero-order valence-corrected chi connectivity index (χ0v) is 19.0.